The molecule has 1 aliphatic heterocycles. The number of fused-ring (bicyclic) bond motifs is 2. The zero-order valence-electron chi connectivity index (χ0n) is 19.0. The van der Waals surface area contributed by atoms with Gasteiger partial charge in [-0.05, 0) is 57.4 Å². The molecule has 1 heterocycles. The maximum Gasteiger partial charge on any atom is 0.308 e. The summed E-state index contributed by atoms with van der Waals surface area (Å²) in [6, 6.07) is 0. The van der Waals surface area contributed by atoms with Gasteiger partial charge in [-0.2, -0.15) is 0 Å². The van der Waals surface area contributed by atoms with E-state index in [0.29, 0.717) is 12.5 Å². The summed E-state index contributed by atoms with van der Waals surface area (Å²) < 4.78 is 12.5. The van der Waals surface area contributed by atoms with Crippen molar-refractivity contribution in [1.82, 2.24) is 0 Å². The van der Waals surface area contributed by atoms with Crippen molar-refractivity contribution in [1.29, 1.82) is 0 Å². The second kappa shape index (κ2) is 7.40. The Morgan fingerprint density at radius 3 is 2.52 bits per heavy atom. The van der Waals surface area contributed by atoms with E-state index in [1.165, 1.54) is 5.57 Å². The van der Waals surface area contributed by atoms with Gasteiger partial charge in [0.15, 0.2) is 0 Å². The van der Waals surface area contributed by atoms with Gasteiger partial charge in [-0.1, -0.05) is 40.2 Å². The molecule has 0 aromatic heterocycles. The zero-order chi connectivity index (χ0) is 21.7. The van der Waals surface area contributed by atoms with Gasteiger partial charge in [0.25, 0.3) is 0 Å². The van der Waals surface area contributed by atoms with Crippen LogP contribution in [0.15, 0.2) is 11.6 Å². The number of rotatable bonds is 5. The SMILES string of the molecule is CC1=CCC2C(C)(COC(=O)C(C)C)CCCC2(C)C12CCC(C)(CC(=O)O)O2. The molecule has 164 valence electrons. The quantitative estimate of drug-likeness (QED) is 0.506. The highest BCUT2D eigenvalue weighted by atomic mass is 16.5. The molecule has 5 unspecified atom stereocenters. The molecule has 2 fully saturated rings. The predicted molar refractivity (Wildman–Crippen MR) is 111 cm³/mol. The van der Waals surface area contributed by atoms with E-state index in [4.69, 9.17) is 9.47 Å². The fourth-order valence-electron chi connectivity index (χ4n) is 6.58. The van der Waals surface area contributed by atoms with Gasteiger partial charge in [0.1, 0.15) is 0 Å². The van der Waals surface area contributed by atoms with Crippen molar-refractivity contribution in [3.05, 3.63) is 11.6 Å². The second-order valence-electron chi connectivity index (χ2n) is 10.8. The number of allylic oxidation sites excluding steroid dienone is 1. The molecule has 5 atom stereocenters. The van der Waals surface area contributed by atoms with Crippen LogP contribution in [0.2, 0.25) is 0 Å². The van der Waals surface area contributed by atoms with Gasteiger partial charge in [0.2, 0.25) is 0 Å². The third kappa shape index (κ3) is 3.64. The standard InChI is InChI=1S/C24H38O5/c1-16(2)20(27)28-15-21(4)10-7-11-23(6)18(21)9-8-17(3)24(23)13-12-22(5,29-24)14-19(25)26/h8,16,18H,7,9-15H2,1-6H3,(H,25,26). The molecule has 0 bridgehead atoms. The van der Waals surface area contributed by atoms with E-state index < -0.39 is 17.2 Å². The van der Waals surface area contributed by atoms with Crippen LogP contribution in [-0.4, -0.2) is 34.9 Å². The average Bonchev–Trinajstić information content (AvgIpc) is 2.96. The molecule has 0 amide bonds. The van der Waals surface area contributed by atoms with E-state index in [0.717, 1.165) is 38.5 Å². The van der Waals surface area contributed by atoms with E-state index >= 15 is 0 Å². The van der Waals surface area contributed by atoms with Gasteiger partial charge in [0.05, 0.1) is 30.1 Å². The van der Waals surface area contributed by atoms with Gasteiger partial charge in [-0.15, -0.1) is 0 Å². The topological polar surface area (TPSA) is 72.8 Å². The van der Waals surface area contributed by atoms with Gasteiger partial charge in [-0.3, -0.25) is 9.59 Å². The van der Waals surface area contributed by atoms with E-state index in [-0.39, 0.29) is 29.1 Å². The Hall–Kier alpha value is -1.36. The number of carbonyl (C=O) groups excluding carboxylic acids is 1. The lowest BCUT2D eigenvalue weighted by Crippen LogP contribution is -2.60. The van der Waals surface area contributed by atoms with Crippen molar-refractivity contribution in [2.45, 2.75) is 97.7 Å². The summed E-state index contributed by atoms with van der Waals surface area (Å²) in [6.45, 7) is 12.9. The highest BCUT2D eigenvalue weighted by molar-refractivity contribution is 5.71. The first-order valence-electron chi connectivity index (χ1n) is 11.1. The van der Waals surface area contributed by atoms with Crippen molar-refractivity contribution in [2.24, 2.45) is 22.7 Å². The lowest BCUT2D eigenvalue weighted by atomic mass is 9.46. The first kappa shape index (κ1) is 22.3. The smallest absolute Gasteiger partial charge is 0.308 e. The van der Waals surface area contributed by atoms with Crippen molar-refractivity contribution >= 4 is 11.9 Å². The van der Waals surface area contributed by atoms with Crippen LogP contribution in [0.4, 0.5) is 0 Å². The van der Waals surface area contributed by atoms with Crippen molar-refractivity contribution in [3.8, 4) is 0 Å². The molecule has 3 aliphatic rings. The molecule has 29 heavy (non-hydrogen) atoms. The lowest BCUT2D eigenvalue weighted by molar-refractivity contribution is -0.202. The number of carboxylic acid groups (broad SMARTS) is 1. The molecule has 0 radical (unpaired) electrons. The number of ether oxygens (including phenoxy) is 2. The molecular formula is C24H38O5. The van der Waals surface area contributed by atoms with Gasteiger partial charge >= 0.3 is 11.9 Å². The van der Waals surface area contributed by atoms with Gasteiger partial charge in [-0.25, -0.2) is 0 Å². The number of hydrogen-bond donors (Lipinski definition) is 1. The van der Waals surface area contributed by atoms with Crippen molar-refractivity contribution < 1.29 is 24.2 Å². The first-order valence-corrected chi connectivity index (χ1v) is 11.1. The summed E-state index contributed by atoms with van der Waals surface area (Å²) in [4.78, 5) is 23.6. The number of carbonyl (C=O) groups is 2. The summed E-state index contributed by atoms with van der Waals surface area (Å²) in [5.74, 6) is -0.734. The zero-order valence-corrected chi connectivity index (χ0v) is 19.0. The van der Waals surface area contributed by atoms with Crippen LogP contribution in [0.25, 0.3) is 0 Å². The normalized spacial score (nSPS) is 41.9. The highest BCUT2D eigenvalue weighted by Gasteiger charge is 2.65. The van der Waals surface area contributed by atoms with Crippen LogP contribution in [0.1, 0.15) is 86.5 Å². The summed E-state index contributed by atoms with van der Waals surface area (Å²) in [7, 11) is 0. The Balaban J connectivity index is 1.92. The monoisotopic (exact) mass is 406 g/mol. The Morgan fingerprint density at radius 1 is 1.21 bits per heavy atom. The molecule has 0 aromatic rings. The van der Waals surface area contributed by atoms with Crippen LogP contribution >= 0.6 is 0 Å². The van der Waals surface area contributed by atoms with E-state index in [1.54, 1.807) is 0 Å². The minimum Gasteiger partial charge on any atom is -0.481 e. The molecule has 2 aliphatic carbocycles. The second-order valence-corrected chi connectivity index (χ2v) is 10.8. The fraction of sp³-hybridized carbons (Fsp3) is 0.833. The molecular weight excluding hydrogens is 368 g/mol. The summed E-state index contributed by atoms with van der Waals surface area (Å²) >= 11 is 0. The molecule has 3 rings (SSSR count). The van der Waals surface area contributed by atoms with E-state index in [2.05, 4.69) is 26.8 Å². The predicted octanol–water partition coefficient (Wildman–Crippen LogP) is 5.13. The molecule has 1 saturated heterocycles. The number of hydrogen-bond acceptors (Lipinski definition) is 4. The Morgan fingerprint density at radius 2 is 1.90 bits per heavy atom. The maximum absolute atomic E-state index is 12.1. The molecule has 5 heteroatoms. The largest absolute Gasteiger partial charge is 0.481 e. The molecule has 1 saturated carbocycles. The van der Waals surface area contributed by atoms with Gasteiger partial charge < -0.3 is 14.6 Å². The van der Waals surface area contributed by atoms with Crippen LogP contribution in [0.3, 0.4) is 0 Å². The van der Waals surface area contributed by atoms with Crippen LogP contribution < -0.4 is 0 Å². The van der Waals surface area contributed by atoms with E-state index in [9.17, 15) is 14.7 Å². The third-order valence-electron chi connectivity index (χ3n) is 8.24. The number of carboxylic acids is 1. The number of aliphatic carboxylic acids is 1. The first-order chi connectivity index (χ1) is 13.4. The van der Waals surface area contributed by atoms with Crippen LogP contribution in [0.5, 0.6) is 0 Å². The minimum absolute atomic E-state index is 0.0338. The Bertz CT molecular complexity index is 712. The molecule has 5 nitrogen and oxygen atoms in total. The third-order valence-corrected chi connectivity index (χ3v) is 8.24. The highest BCUT2D eigenvalue weighted by Crippen LogP contribution is 2.66. The summed E-state index contributed by atoms with van der Waals surface area (Å²) in [5, 5.41) is 9.40. The maximum atomic E-state index is 12.1. The lowest BCUT2D eigenvalue weighted by Gasteiger charge is -2.61. The summed E-state index contributed by atoms with van der Waals surface area (Å²) in [5.41, 5.74) is -0.0158. The summed E-state index contributed by atoms with van der Waals surface area (Å²) in [6.07, 6.45) is 8.06. The van der Waals surface area contributed by atoms with Crippen LogP contribution in [0, 0.1) is 22.7 Å². The number of esters is 1. The van der Waals surface area contributed by atoms with E-state index in [1.807, 2.05) is 20.8 Å². The average molecular weight is 407 g/mol. The van der Waals surface area contributed by atoms with Crippen LogP contribution in [-0.2, 0) is 19.1 Å². The fourth-order valence-corrected chi connectivity index (χ4v) is 6.58. The Labute approximate surface area is 175 Å². The van der Waals surface area contributed by atoms with Crippen molar-refractivity contribution in [3.63, 3.8) is 0 Å². The van der Waals surface area contributed by atoms with Crippen molar-refractivity contribution in [2.75, 3.05) is 6.61 Å². The molecule has 1 spiro atoms. The van der Waals surface area contributed by atoms with Gasteiger partial charge in [0, 0.05) is 10.8 Å². The minimum atomic E-state index is -0.808. The Kier molecular flexibility index (Phi) is 5.70. The molecule has 1 N–H and O–H groups in total. The molecule has 0 aromatic carbocycles.